The molecule has 0 saturated carbocycles. The molecule has 3 rings (SSSR count). The normalized spacial score (nSPS) is 24.5. The summed E-state index contributed by atoms with van der Waals surface area (Å²) in [5, 5.41) is 23.3. The van der Waals surface area contributed by atoms with Crippen LogP contribution in [0.5, 0.6) is 11.5 Å². The van der Waals surface area contributed by atoms with Crippen molar-refractivity contribution in [2.75, 3.05) is 13.1 Å². The minimum atomic E-state index is -0.117. The molecule has 4 nitrogen and oxygen atoms in total. The number of hydrogen-bond acceptors (Lipinski definition) is 4. The van der Waals surface area contributed by atoms with Crippen LogP contribution in [0.4, 0.5) is 0 Å². The molecule has 1 aromatic carbocycles. The Bertz CT molecular complexity index is 549. The standard InChI is InChI=1S/C15H20N2O2/c1-15(2)6-5-10(14-16-7-8-17-14)9-3-4-11(18)13(19)12(9)15/h3-4,10,18-19H,5-8H2,1-2H3,(H,16,17)/t10-/m0/s1. The van der Waals surface area contributed by atoms with E-state index >= 15 is 0 Å². The summed E-state index contributed by atoms with van der Waals surface area (Å²) < 4.78 is 0. The van der Waals surface area contributed by atoms with Gasteiger partial charge in [-0.25, -0.2) is 0 Å². The molecule has 1 aromatic rings. The Balaban J connectivity index is 2.14. The van der Waals surface area contributed by atoms with Gasteiger partial charge in [-0.05, 0) is 29.9 Å². The van der Waals surface area contributed by atoms with Gasteiger partial charge in [-0.15, -0.1) is 0 Å². The van der Waals surface area contributed by atoms with Crippen molar-refractivity contribution >= 4 is 5.84 Å². The summed E-state index contributed by atoms with van der Waals surface area (Å²) in [6.07, 6.45) is 2.00. The molecule has 102 valence electrons. The van der Waals surface area contributed by atoms with Gasteiger partial charge in [0, 0.05) is 18.0 Å². The largest absolute Gasteiger partial charge is 0.504 e. The number of fused-ring (bicyclic) bond motifs is 1. The lowest BCUT2D eigenvalue weighted by Crippen LogP contribution is -2.33. The van der Waals surface area contributed by atoms with Crippen LogP contribution in [0.3, 0.4) is 0 Å². The molecule has 0 fully saturated rings. The van der Waals surface area contributed by atoms with Crippen LogP contribution >= 0.6 is 0 Å². The van der Waals surface area contributed by atoms with Gasteiger partial charge in [0.05, 0.1) is 6.54 Å². The first-order chi connectivity index (χ1) is 9.00. The first kappa shape index (κ1) is 12.3. The molecular weight excluding hydrogens is 240 g/mol. The van der Waals surface area contributed by atoms with Crippen LogP contribution in [-0.2, 0) is 5.41 Å². The Morgan fingerprint density at radius 1 is 1.32 bits per heavy atom. The van der Waals surface area contributed by atoms with E-state index in [-0.39, 0.29) is 22.8 Å². The number of nitrogens with one attached hydrogen (secondary N) is 1. The van der Waals surface area contributed by atoms with Crippen LogP contribution in [-0.4, -0.2) is 29.1 Å². The molecule has 0 bridgehead atoms. The third kappa shape index (κ3) is 1.86. The molecule has 2 aliphatic rings. The summed E-state index contributed by atoms with van der Waals surface area (Å²) in [4.78, 5) is 4.52. The summed E-state index contributed by atoms with van der Waals surface area (Å²) in [5.74, 6) is 1.25. The van der Waals surface area contributed by atoms with Gasteiger partial charge in [-0.1, -0.05) is 19.9 Å². The van der Waals surface area contributed by atoms with E-state index in [1.165, 1.54) is 0 Å². The van der Waals surface area contributed by atoms with Gasteiger partial charge < -0.3 is 15.5 Å². The van der Waals surface area contributed by atoms with E-state index in [4.69, 9.17) is 0 Å². The van der Waals surface area contributed by atoms with Crippen LogP contribution in [0, 0.1) is 0 Å². The Kier molecular flexibility index (Phi) is 2.69. The van der Waals surface area contributed by atoms with Gasteiger partial charge in [-0.2, -0.15) is 0 Å². The molecule has 0 unspecified atom stereocenters. The van der Waals surface area contributed by atoms with Gasteiger partial charge in [0.1, 0.15) is 5.84 Å². The van der Waals surface area contributed by atoms with E-state index in [9.17, 15) is 10.2 Å². The lowest BCUT2D eigenvalue weighted by atomic mass is 9.68. The maximum Gasteiger partial charge on any atom is 0.161 e. The zero-order valence-electron chi connectivity index (χ0n) is 11.4. The quantitative estimate of drug-likeness (QED) is 0.679. The summed E-state index contributed by atoms with van der Waals surface area (Å²) in [6.45, 7) is 5.96. The second-order valence-corrected chi connectivity index (χ2v) is 6.07. The molecule has 0 spiro atoms. The number of benzene rings is 1. The number of phenolic OH excluding ortho intramolecular Hbond substituents is 2. The molecule has 0 aromatic heterocycles. The minimum absolute atomic E-state index is 0.0331. The van der Waals surface area contributed by atoms with Crippen molar-refractivity contribution in [1.82, 2.24) is 5.32 Å². The van der Waals surface area contributed by atoms with Crippen LogP contribution in [0.25, 0.3) is 0 Å². The van der Waals surface area contributed by atoms with Crippen molar-refractivity contribution in [3.05, 3.63) is 23.3 Å². The fourth-order valence-electron chi connectivity index (χ4n) is 3.32. The maximum atomic E-state index is 10.2. The van der Waals surface area contributed by atoms with Gasteiger partial charge in [0.25, 0.3) is 0 Å². The molecule has 0 radical (unpaired) electrons. The first-order valence-corrected chi connectivity index (χ1v) is 6.84. The molecule has 0 amide bonds. The molecule has 1 heterocycles. The van der Waals surface area contributed by atoms with Gasteiger partial charge in [-0.3, -0.25) is 4.99 Å². The van der Waals surface area contributed by atoms with Crippen LogP contribution < -0.4 is 5.32 Å². The minimum Gasteiger partial charge on any atom is -0.504 e. The number of hydrogen-bond donors (Lipinski definition) is 3. The summed E-state index contributed by atoms with van der Waals surface area (Å²) in [7, 11) is 0. The van der Waals surface area contributed by atoms with E-state index in [2.05, 4.69) is 24.2 Å². The number of nitrogens with zero attached hydrogens (tertiary/aromatic N) is 1. The highest BCUT2D eigenvalue weighted by molar-refractivity contribution is 5.91. The lowest BCUT2D eigenvalue weighted by Gasteiger charge is -2.37. The Hall–Kier alpha value is -1.71. The molecule has 1 atom stereocenters. The van der Waals surface area contributed by atoms with Crippen molar-refractivity contribution in [2.45, 2.75) is 38.0 Å². The third-order valence-corrected chi connectivity index (χ3v) is 4.33. The first-order valence-electron chi connectivity index (χ1n) is 6.84. The zero-order valence-corrected chi connectivity index (χ0v) is 11.4. The van der Waals surface area contributed by atoms with Crippen molar-refractivity contribution in [1.29, 1.82) is 0 Å². The van der Waals surface area contributed by atoms with E-state index in [0.29, 0.717) is 0 Å². The van der Waals surface area contributed by atoms with Crippen LogP contribution in [0.15, 0.2) is 17.1 Å². The number of phenols is 2. The SMILES string of the molecule is CC1(C)CC[C@H](C2=NCCN2)c2ccc(O)c(O)c21. The monoisotopic (exact) mass is 260 g/mol. The topological polar surface area (TPSA) is 64.9 Å². The van der Waals surface area contributed by atoms with Crippen LogP contribution in [0.2, 0.25) is 0 Å². The Morgan fingerprint density at radius 3 is 2.79 bits per heavy atom. The van der Waals surface area contributed by atoms with E-state index in [1.807, 2.05) is 6.07 Å². The van der Waals surface area contributed by atoms with Gasteiger partial charge in [0.15, 0.2) is 11.5 Å². The Morgan fingerprint density at radius 2 is 2.11 bits per heavy atom. The number of rotatable bonds is 1. The van der Waals surface area contributed by atoms with Crippen molar-refractivity contribution in [3.8, 4) is 11.5 Å². The van der Waals surface area contributed by atoms with E-state index in [0.717, 1.165) is 42.9 Å². The maximum absolute atomic E-state index is 10.2. The van der Waals surface area contributed by atoms with Crippen molar-refractivity contribution < 1.29 is 10.2 Å². The van der Waals surface area contributed by atoms with Crippen molar-refractivity contribution in [3.63, 3.8) is 0 Å². The predicted octanol–water partition coefficient (Wildman–Crippen LogP) is 2.25. The Labute approximate surface area is 113 Å². The lowest BCUT2D eigenvalue weighted by molar-refractivity contribution is 0.359. The summed E-state index contributed by atoms with van der Waals surface area (Å²) in [5.41, 5.74) is 1.85. The van der Waals surface area contributed by atoms with Crippen LogP contribution in [0.1, 0.15) is 43.7 Å². The predicted molar refractivity (Wildman–Crippen MR) is 75.1 cm³/mol. The highest BCUT2D eigenvalue weighted by atomic mass is 16.3. The number of amidine groups is 1. The average Bonchev–Trinajstić information content (AvgIpc) is 2.87. The van der Waals surface area contributed by atoms with E-state index in [1.54, 1.807) is 6.07 Å². The second kappa shape index (κ2) is 4.15. The molecule has 4 heteroatoms. The summed E-state index contributed by atoms with van der Waals surface area (Å²) in [6, 6.07) is 3.51. The molecule has 1 aliphatic carbocycles. The molecule has 0 saturated heterocycles. The van der Waals surface area contributed by atoms with Crippen molar-refractivity contribution in [2.24, 2.45) is 4.99 Å². The fraction of sp³-hybridized carbons (Fsp3) is 0.533. The fourth-order valence-corrected chi connectivity index (χ4v) is 3.32. The highest BCUT2D eigenvalue weighted by Crippen LogP contribution is 2.49. The zero-order chi connectivity index (χ0) is 13.6. The number of aromatic hydroxyl groups is 2. The average molecular weight is 260 g/mol. The van der Waals surface area contributed by atoms with Gasteiger partial charge >= 0.3 is 0 Å². The second-order valence-electron chi connectivity index (χ2n) is 6.07. The molecule has 1 aliphatic heterocycles. The summed E-state index contributed by atoms with van der Waals surface area (Å²) >= 11 is 0. The van der Waals surface area contributed by atoms with E-state index < -0.39 is 0 Å². The molecule has 3 N–H and O–H groups in total. The molecular formula is C15H20N2O2. The molecule has 19 heavy (non-hydrogen) atoms. The smallest absolute Gasteiger partial charge is 0.161 e. The van der Waals surface area contributed by atoms with Gasteiger partial charge in [0.2, 0.25) is 0 Å². The number of aliphatic imine (C=N–C) groups is 1. The highest BCUT2D eigenvalue weighted by Gasteiger charge is 2.38. The third-order valence-electron chi connectivity index (χ3n) is 4.33.